The van der Waals surface area contributed by atoms with Crippen molar-refractivity contribution in [1.29, 1.82) is 0 Å². The van der Waals surface area contributed by atoms with Gasteiger partial charge in [-0.1, -0.05) is 12.1 Å². The fourth-order valence-electron chi connectivity index (χ4n) is 1.36. The summed E-state index contributed by atoms with van der Waals surface area (Å²) in [6.45, 7) is 0.108. The first-order valence-electron chi connectivity index (χ1n) is 4.95. The number of nitrogens with one attached hydrogen (secondary N) is 1. The predicted molar refractivity (Wildman–Crippen MR) is 57.9 cm³/mol. The van der Waals surface area contributed by atoms with E-state index in [0.717, 1.165) is 6.07 Å². The van der Waals surface area contributed by atoms with Crippen LogP contribution in [0, 0.1) is 17.6 Å². The maximum atomic E-state index is 13.3. The van der Waals surface area contributed by atoms with Crippen molar-refractivity contribution in [3.05, 3.63) is 59.7 Å². The fourth-order valence-corrected chi connectivity index (χ4v) is 1.36. The molecular formula is C12H9F3N2. The lowest BCUT2D eigenvalue weighted by Crippen LogP contribution is -2.03. The Kier molecular flexibility index (Phi) is 3.27. The van der Waals surface area contributed by atoms with Crippen molar-refractivity contribution in [3.63, 3.8) is 0 Å². The van der Waals surface area contributed by atoms with Crippen LogP contribution in [0.3, 0.4) is 0 Å². The van der Waals surface area contributed by atoms with Crippen LogP contribution in [0.2, 0.25) is 0 Å². The Bertz CT molecular complexity index is 512. The van der Waals surface area contributed by atoms with Gasteiger partial charge >= 0.3 is 0 Å². The summed E-state index contributed by atoms with van der Waals surface area (Å²) >= 11 is 0. The maximum absolute atomic E-state index is 13.3. The Balaban J connectivity index is 2.07. The van der Waals surface area contributed by atoms with E-state index >= 15 is 0 Å². The van der Waals surface area contributed by atoms with Crippen molar-refractivity contribution < 1.29 is 13.2 Å². The van der Waals surface area contributed by atoms with Gasteiger partial charge in [-0.25, -0.2) is 13.8 Å². The highest BCUT2D eigenvalue weighted by Crippen LogP contribution is 2.13. The topological polar surface area (TPSA) is 24.9 Å². The van der Waals surface area contributed by atoms with E-state index in [4.69, 9.17) is 0 Å². The summed E-state index contributed by atoms with van der Waals surface area (Å²) in [7, 11) is 0. The average Bonchev–Trinajstić information content (AvgIpc) is 2.33. The van der Waals surface area contributed by atoms with Gasteiger partial charge < -0.3 is 5.32 Å². The zero-order valence-electron chi connectivity index (χ0n) is 8.75. The summed E-state index contributed by atoms with van der Waals surface area (Å²) in [5.41, 5.74) is 0.740. The van der Waals surface area contributed by atoms with E-state index in [1.807, 2.05) is 0 Å². The molecule has 0 amide bonds. The van der Waals surface area contributed by atoms with E-state index < -0.39 is 17.6 Å². The van der Waals surface area contributed by atoms with E-state index in [1.165, 1.54) is 30.5 Å². The highest BCUT2D eigenvalue weighted by atomic mass is 19.2. The molecule has 88 valence electrons. The molecule has 2 aromatic rings. The van der Waals surface area contributed by atoms with Gasteiger partial charge in [0, 0.05) is 12.1 Å². The van der Waals surface area contributed by atoms with Crippen LogP contribution in [0.25, 0.3) is 0 Å². The number of rotatable bonds is 3. The smallest absolute Gasteiger partial charge is 0.212 e. The molecule has 0 saturated carbocycles. The minimum atomic E-state index is -0.887. The largest absolute Gasteiger partial charge is 0.380 e. The molecule has 17 heavy (non-hydrogen) atoms. The molecule has 0 aliphatic carbocycles. The molecule has 0 saturated heterocycles. The molecule has 0 spiro atoms. The second-order valence-electron chi connectivity index (χ2n) is 3.44. The van der Waals surface area contributed by atoms with Crippen molar-refractivity contribution in [2.75, 3.05) is 5.32 Å². The van der Waals surface area contributed by atoms with Crippen LogP contribution in [0.5, 0.6) is 0 Å². The molecule has 0 unspecified atom stereocenters. The SMILES string of the molecule is Fc1ccc(NCc2cccc(F)c2F)cn1. The zero-order valence-corrected chi connectivity index (χ0v) is 8.75. The van der Waals surface area contributed by atoms with Gasteiger partial charge in [-0.15, -0.1) is 0 Å². The van der Waals surface area contributed by atoms with Crippen LogP contribution in [0.15, 0.2) is 36.5 Å². The Morgan fingerprint density at radius 1 is 1.06 bits per heavy atom. The molecule has 1 heterocycles. The molecule has 1 aromatic carbocycles. The third-order valence-electron chi connectivity index (χ3n) is 2.24. The summed E-state index contributed by atoms with van der Waals surface area (Å²) in [5, 5.41) is 2.82. The van der Waals surface area contributed by atoms with Crippen molar-refractivity contribution in [2.45, 2.75) is 6.54 Å². The lowest BCUT2D eigenvalue weighted by Gasteiger charge is -2.07. The highest BCUT2D eigenvalue weighted by Gasteiger charge is 2.06. The summed E-state index contributed by atoms with van der Waals surface area (Å²) < 4.78 is 38.7. The Morgan fingerprint density at radius 3 is 2.59 bits per heavy atom. The second kappa shape index (κ2) is 4.86. The van der Waals surface area contributed by atoms with Crippen molar-refractivity contribution >= 4 is 5.69 Å². The molecule has 5 heteroatoms. The Hall–Kier alpha value is -2.04. The van der Waals surface area contributed by atoms with Crippen LogP contribution < -0.4 is 5.32 Å². The van der Waals surface area contributed by atoms with Crippen LogP contribution in [-0.2, 0) is 6.54 Å². The van der Waals surface area contributed by atoms with Gasteiger partial charge in [0.25, 0.3) is 0 Å². The number of benzene rings is 1. The van der Waals surface area contributed by atoms with Gasteiger partial charge in [0.2, 0.25) is 5.95 Å². The van der Waals surface area contributed by atoms with Gasteiger partial charge in [0.15, 0.2) is 11.6 Å². The number of nitrogens with zero attached hydrogens (tertiary/aromatic N) is 1. The van der Waals surface area contributed by atoms with Crippen LogP contribution in [0.1, 0.15) is 5.56 Å². The molecule has 1 N–H and O–H groups in total. The number of hydrogen-bond acceptors (Lipinski definition) is 2. The first kappa shape index (κ1) is 11.4. The van der Waals surface area contributed by atoms with Crippen LogP contribution in [0.4, 0.5) is 18.9 Å². The number of anilines is 1. The fraction of sp³-hybridized carbons (Fsp3) is 0.0833. The molecule has 0 fully saturated rings. The first-order chi connectivity index (χ1) is 8.16. The minimum Gasteiger partial charge on any atom is -0.380 e. The van der Waals surface area contributed by atoms with Crippen molar-refractivity contribution in [2.24, 2.45) is 0 Å². The molecular weight excluding hydrogens is 229 g/mol. The quantitative estimate of drug-likeness (QED) is 0.831. The van der Waals surface area contributed by atoms with Gasteiger partial charge in [-0.05, 0) is 18.2 Å². The Labute approximate surface area is 96.1 Å². The number of hydrogen-bond donors (Lipinski definition) is 1. The number of halogens is 3. The average molecular weight is 238 g/mol. The zero-order chi connectivity index (χ0) is 12.3. The molecule has 2 rings (SSSR count). The predicted octanol–water partition coefficient (Wildman–Crippen LogP) is 3.11. The van der Waals surface area contributed by atoms with Gasteiger partial charge in [0.1, 0.15) is 0 Å². The summed E-state index contributed by atoms with van der Waals surface area (Å²) in [6.07, 6.45) is 1.28. The molecule has 0 bridgehead atoms. The van der Waals surface area contributed by atoms with Gasteiger partial charge in [-0.3, -0.25) is 0 Å². The molecule has 2 nitrogen and oxygen atoms in total. The normalized spacial score (nSPS) is 10.3. The second-order valence-corrected chi connectivity index (χ2v) is 3.44. The molecule has 1 aromatic heterocycles. The molecule has 0 radical (unpaired) electrons. The van der Waals surface area contributed by atoms with E-state index in [9.17, 15) is 13.2 Å². The first-order valence-corrected chi connectivity index (χ1v) is 4.95. The lowest BCUT2D eigenvalue weighted by atomic mass is 10.2. The van der Waals surface area contributed by atoms with Crippen molar-refractivity contribution in [1.82, 2.24) is 4.98 Å². The monoisotopic (exact) mass is 238 g/mol. The third-order valence-corrected chi connectivity index (χ3v) is 2.24. The maximum Gasteiger partial charge on any atom is 0.212 e. The Morgan fingerprint density at radius 2 is 1.88 bits per heavy atom. The standard InChI is InChI=1S/C12H9F3N2/c13-10-3-1-2-8(12(10)15)6-16-9-4-5-11(14)17-7-9/h1-5,7,16H,6H2. The summed E-state index contributed by atoms with van der Waals surface area (Å²) in [5.74, 6) is -2.36. The molecule has 0 aliphatic heterocycles. The van der Waals surface area contributed by atoms with E-state index in [-0.39, 0.29) is 12.1 Å². The van der Waals surface area contributed by atoms with Gasteiger partial charge in [-0.2, -0.15) is 4.39 Å². The summed E-state index contributed by atoms with van der Waals surface area (Å²) in [6, 6.07) is 6.61. The minimum absolute atomic E-state index is 0.108. The van der Waals surface area contributed by atoms with E-state index in [0.29, 0.717) is 5.69 Å². The molecule has 0 aliphatic rings. The van der Waals surface area contributed by atoms with E-state index in [1.54, 1.807) is 0 Å². The number of pyridine rings is 1. The van der Waals surface area contributed by atoms with Crippen LogP contribution in [-0.4, -0.2) is 4.98 Å². The number of aromatic nitrogens is 1. The summed E-state index contributed by atoms with van der Waals surface area (Å²) in [4.78, 5) is 3.43. The highest BCUT2D eigenvalue weighted by molar-refractivity contribution is 5.40. The lowest BCUT2D eigenvalue weighted by molar-refractivity contribution is 0.500. The van der Waals surface area contributed by atoms with E-state index in [2.05, 4.69) is 10.3 Å². The third kappa shape index (κ3) is 2.75. The van der Waals surface area contributed by atoms with Gasteiger partial charge in [0.05, 0.1) is 11.9 Å². The molecule has 0 atom stereocenters. The van der Waals surface area contributed by atoms with Crippen molar-refractivity contribution in [3.8, 4) is 0 Å². The van der Waals surface area contributed by atoms with Crippen LogP contribution >= 0.6 is 0 Å².